The van der Waals surface area contributed by atoms with E-state index >= 15 is 0 Å². The highest BCUT2D eigenvalue weighted by molar-refractivity contribution is 6.04. The van der Waals surface area contributed by atoms with Crippen molar-refractivity contribution in [3.8, 4) is 22.6 Å². The van der Waals surface area contributed by atoms with Gasteiger partial charge in [-0.1, -0.05) is 6.07 Å². The summed E-state index contributed by atoms with van der Waals surface area (Å²) in [5, 5.41) is 15.3. The van der Waals surface area contributed by atoms with Crippen LogP contribution in [-0.4, -0.2) is 34.0 Å². The summed E-state index contributed by atoms with van der Waals surface area (Å²) in [6.45, 7) is 3.64. The third-order valence-electron chi connectivity index (χ3n) is 5.51. The second kappa shape index (κ2) is 6.28. The van der Waals surface area contributed by atoms with E-state index in [1.54, 1.807) is 46.2 Å². The molecule has 1 aromatic carbocycles. The van der Waals surface area contributed by atoms with Gasteiger partial charge in [-0.15, -0.1) is 0 Å². The molecule has 30 heavy (non-hydrogen) atoms. The Morgan fingerprint density at radius 1 is 0.967 bits per heavy atom. The monoisotopic (exact) mass is 400 g/mol. The lowest BCUT2D eigenvalue weighted by molar-refractivity contribution is 0.468. The molecule has 1 N–H and O–H groups in total. The van der Waals surface area contributed by atoms with E-state index in [4.69, 9.17) is 0 Å². The highest BCUT2D eigenvalue weighted by Crippen LogP contribution is 2.31. The maximum absolute atomic E-state index is 13.1. The number of benzene rings is 1. The Bertz CT molecular complexity index is 1520. The number of fused-ring (bicyclic) bond motifs is 3. The molecule has 0 unspecified atom stereocenters. The summed E-state index contributed by atoms with van der Waals surface area (Å²) in [6.07, 6.45) is 5.29. The predicted octanol–water partition coefficient (Wildman–Crippen LogP) is 3.00. The van der Waals surface area contributed by atoms with E-state index in [0.717, 1.165) is 44.4 Å². The number of rotatable bonds is 2. The maximum Gasteiger partial charge on any atom is 0.333 e. The number of hydrogen-bond donors (Lipinski definition) is 1. The average Bonchev–Trinajstić information content (AvgIpc) is 3.19. The Kier molecular flexibility index (Phi) is 3.79. The molecule has 0 aliphatic rings. The van der Waals surface area contributed by atoms with Gasteiger partial charge in [-0.05, 0) is 37.6 Å². The molecule has 4 heterocycles. The van der Waals surface area contributed by atoms with Gasteiger partial charge in [0.15, 0.2) is 0 Å². The molecule has 0 bridgehead atoms. The molecular formula is C22H20N6O2. The van der Waals surface area contributed by atoms with Gasteiger partial charge in [0.05, 0.1) is 39.8 Å². The van der Waals surface area contributed by atoms with Gasteiger partial charge in [-0.25, -0.2) is 4.79 Å². The van der Waals surface area contributed by atoms with Crippen molar-refractivity contribution < 1.29 is 5.11 Å². The molecule has 0 aliphatic carbocycles. The largest absolute Gasteiger partial charge is 0.506 e. The lowest BCUT2D eigenvalue weighted by atomic mass is 10.0. The number of pyridine rings is 2. The molecule has 4 aromatic heterocycles. The zero-order valence-electron chi connectivity index (χ0n) is 17.1. The molecule has 5 aromatic rings. The molecule has 0 atom stereocenters. The first-order chi connectivity index (χ1) is 14.3. The summed E-state index contributed by atoms with van der Waals surface area (Å²) < 4.78 is 4.99. The smallest absolute Gasteiger partial charge is 0.333 e. The zero-order valence-corrected chi connectivity index (χ0v) is 17.1. The quantitative estimate of drug-likeness (QED) is 0.492. The fourth-order valence-corrected chi connectivity index (χ4v) is 3.89. The van der Waals surface area contributed by atoms with Gasteiger partial charge in [0.2, 0.25) is 0 Å². The normalized spacial score (nSPS) is 11.6. The molecule has 8 nitrogen and oxygen atoms in total. The molecule has 0 radical (unpaired) electrons. The van der Waals surface area contributed by atoms with Crippen LogP contribution in [0.5, 0.6) is 5.75 Å². The van der Waals surface area contributed by atoms with Crippen molar-refractivity contribution in [2.75, 3.05) is 0 Å². The second-order valence-electron chi connectivity index (χ2n) is 7.50. The number of aryl methyl sites for hydroxylation is 4. The Balaban J connectivity index is 1.88. The van der Waals surface area contributed by atoms with Gasteiger partial charge in [-0.2, -0.15) is 5.10 Å². The minimum Gasteiger partial charge on any atom is -0.506 e. The van der Waals surface area contributed by atoms with E-state index in [-0.39, 0.29) is 11.4 Å². The predicted molar refractivity (Wildman–Crippen MR) is 115 cm³/mol. The SMILES string of the molecule is Cc1ncc(-c2ccc3ncc4c(c3c2)n(-c2cn(C)nc2C)c(=O)n4C)cc1O. The van der Waals surface area contributed by atoms with Crippen LogP contribution in [0.2, 0.25) is 0 Å². The molecular weight excluding hydrogens is 380 g/mol. The zero-order chi connectivity index (χ0) is 21.2. The van der Waals surface area contributed by atoms with Gasteiger partial charge in [0.25, 0.3) is 0 Å². The van der Waals surface area contributed by atoms with Crippen molar-refractivity contribution in [1.82, 2.24) is 28.9 Å². The summed E-state index contributed by atoms with van der Waals surface area (Å²) in [7, 11) is 3.58. The molecule has 0 amide bonds. The number of aromatic hydroxyl groups is 1. The van der Waals surface area contributed by atoms with Crippen molar-refractivity contribution in [1.29, 1.82) is 0 Å². The van der Waals surface area contributed by atoms with E-state index in [9.17, 15) is 9.90 Å². The highest BCUT2D eigenvalue weighted by Gasteiger charge is 2.19. The summed E-state index contributed by atoms with van der Waals surface area (Å²) >= 11 is 0. The van der Waals surface area contributed by atoms with Gasteiger partial charge in [-0.3, -0.25) is 23.8 Å². The van der Waals surface area contributed by atoms with Gasteiger partial charge >= 0.3 is 5.69 Å². The van der Waals surface area contributed by atoms with Crippen LogP contribution in [0.1, 0.15) is 11.4 Å². The molecule has 0 fully saturated rings. The molecule has 8 heteroatoms. The average molecular weight is 400 g/mol. The van der Waals surface area contributed by atoms with Crippen LogP contribution in [0, 0.1) is 13.8 Å². The maximum atomic E-state index is 13.1. The van der Waals surface area contributed by atoms with E-state index in [0.29, 0.717) is 5.69 Å². The van der Waals surface area contributed by atoms with Crippen LogP contribution in [0.25, 0.3) is 38.8 Å². The second-order valence-corrected chi connectivity index (χ2v) is 7.50. The van der Waals surface area contributed by atoms with Crippen LogP contribution in [0.4, 0.5) is 0 Å². The first kappa shape index (κ1) is 18.1. The molecule has 0 saturated heterocycles. The van der Waals surface area contributed by atoms with Crippen molar-refractivity contribution in [3.63, 3.8) is 0 Å². The number of hydrogen-bond acceptors (Lipinski definition) is 5. The third kappa shape index (κ3) is 2.53. The van der Waals surface area contributed by atoms with Crippen LogP contribution in [0.3, 0.4) is 0 Å². The fourth-order valence-electron chi connectivity index (χ4n) is 3.89. The Hall–Kier alpha value is -3.94. The van der Waals surface area contributed by atoms with Crippen molar-refractivity contribution >= 4 is 21.9 Å². The van der Waals surface area contributed by atoms with Crippen LogP contribution in [-0.2, 0) is 14.1 Å². The van der Waals surface area contributed by atoms with Crippen LogP contribution < -0.4 is 5.69 Å². The first-order valence-electron chi connectivity index (χ1n) is 9.52. The number of imidazole rings is 1. The van der Waals surface area contributed by atoms with Crippen molar-refractivity contribution in [2.45, 2.75) is 13.8 Å². The van der Waals surface area contributed by atoms with Crippen LogP contribution >= 0.6 is 0 Å². The minimum atomic E-state index is -0.157. The Labute approximate surface area is 171 Å². The third-order valence-corrected chi connectivity index (χ3v) is 5.51. The van der Waals surface area contributed by atoms with E-state index in [1.807, 2.05) is 38.4 Å². The van der Waals surface area contributed by atoms with Crippen molar-refractivity contribution in [2.24, 2.45) is 14.1 Å². The highest BCUT2D eigenvalue weighted by atomic mass is 16.3. The van der Waals surface area contributed by atoms with Crippen LogP contribution in [0.15, 0.2) is 47.7 Å². The number of aromatic nitrogens is 6. The Morgan fingerprint density at radius 2 is 1.77 bits per heavy atom. The van der Waals surface area contributed by atoms with Gasteiger partial charge in [0.1, 0.15) is 5.75 Å². The van der Waals surface area contributed by atoms with Gasteiger partial charge in [0, 0.05) is 37.4 Å². The van der Waals surface area contributed by atoms with E-state index in [1.165, 1.54) is 0 Å². The molecule has 5 rings (SSSR count). The standard InChI is InChI=1S/C22H20N6O2/c1-12-19(11-26(3)25-12)28-21-16-7-14(15-8-20(29)13(2)23-9-15)5-6-17(16)24-10-18(21)27(4)22(28)30/h5-11,29H,1-4H3. The summed E-state index contributed by atoms with van der Waals surface area (Å²) in [5.41, 5.74) is 5.87. The van der Waals surface area contributed by atoms with Crippen molar-refractivity contribution in [3.05, 3.63) is 64.7 Å². The topological polar surface area (TPSA) is 90.8 Å². The summed E-state index contributed by atoms with van der Waals surface area (Å²) in [4.78, 5) is 22.0. The summed E-state index contributed by atoms with van der Waals surface area (Å²) in [5.74, 6) is 0.145. The minimum absolute atomic E-state index is 0.145. The van der Waals surface area contributed by atoms with E-state index in [2.05, 4.69) is 15.1 Å². The molecule has 150 valence electrons. The Morgan fingerprint density at radius 3 is 2.47 bits per heavy atom. The fraction of sp³-hybridized carbons (Fsp3) is 0.182. The lowest BCUT2D eigenvalue weighted by Gasteiger charge is -2.08. The van der Waals surface area contributed by atoms with Gasteiger partial charge < -0.3 is 5.11 Å². The molecule has 0 aliphatic heterocycles. The first-order valence-corrected chi connectivity index (χ1v) is 9.52. The lowest BCUT2D eigenvalue weighted by Crippen LogP contribution is -2.21. The van der Waals surface area contributed by atoms with E-state index < -0.39 is 0 Å². The molecule has 0 saturated carbocycles. The molecule has 0 spiro atoms. The number of nitrogens with zero attached hydrogens (tertiary/aromatic N) is 6. The summed E-state index contributed by atoms with van der Waals surface area (Å²) in [6, 6.07) is 7.53.